The number of allylic oxidation sites excluding steroid dienone is 1. The van der Waals surface area contributed by atoms with E-state index in [1.54, 1.807) is 6.08 Å². The molecule has 0 aromatic heterocycles. The third-order valence-corrected chi connectivity index (χ3v) is 5.08. The maximum atomic E-state index is 12.0. The van der Waals surface area contributed by atoms with E-state index < -0.39 is 18.4 Å². The zero-order valence-electron chi connectivity index (χ0n) is 15.6. The van der Waals surface area contributed by atoms with Crippen molar-refractivity contribution in [2.75, 3.05) is 11.4 Å². The van der Waals surface area contributed by atoms with Gasteiger partial charge >= 0.3 is 65.1 Å². The van der Waals surface area contributed by atoms with Gasteiger partial charge in [-0.2, -0.15) is 18.2 Å². The van der Waals surface area contributed by atoms with E-state index >= 15 is 0 Å². The average molecular weight is 369 g/mol. The monoisotopic (exact) mass is 369 g/mol. The van der Waals surface area contributed by atoms with Crippen LogP contribution < -0.4 is 69.1 Å². The van der Waals surface area contributed by atoms with E-state index in [4.69, 9.17) is 4.74 Å². The molecule has 0 aliphatic carbocycles. The number of hydrogen-bond donors (Lipinski definition) is 0. The number of carbonyl (C=O) groups excluding carboxylic acids is 2. The van der Waals surface area contributed by atoms with Gasteiger partial charge in [0, 0.05) is 42.2 Å². The Morgan fingerprint density at radius 2 is 2.15 bits per heavy atom. The number of esters is 1. The van der Waals surface area contributed by atoms with Gasteiger partial charge in [-0.25, -0.2) is 4.79 Å². The molecule has 0 fully saturated rings. The van der Waals surface area contributed by atoms with Crippen molar-refractivity contribution in [2.45, 2.75) is 38.2 Å². The first-order valence-electron chi connectivity index (χ1n) is 8.04. The number of hydrogen-bond acceptors (Lipinski definition) is 5. The number of rotatable bonds is 2. The molecule has 124 valence electrons. The van der Waals surface area contributed by atoms with Gasteiger partial charge in [0.1, 0.15) is 6.10 Å². The molecule has 5 nitrogen and oxygen atoms in total. The number of aliphatic carboxylic acids is 1. The van der Waals surface area contributed by atoms with Gasteiger partial charge in [-0.1, -0.05) is 19.5 Å². The van der Waals surface area contributed by atoms with Crippen LogP contribution in [0.5, 0.6) is 0 Å². The van der Waals surface area contributed by atoms with Crippen LogP contribution in [0.1, 0.15) is 32.3 Å². The van der Waals surface area contributed by atoms with Crippen molar-refractivity contribution in [1.82, 2.24) is 0 Å². The first kappa shape index (κ1) is 21.7. The van der Waals surface area contributed by atoms with Gasteiger partial charge in [0.05, 0.1) is 0 Å². The fourth-order valence-electron chi connectivity index (χ4n) is 4.06. The van der Waals surface area contributed by atoms with Crippen molar-refractivity contribution >= 4 is 17.6 Å². The van der Waals surface area contributed by atoms with Crippen molar-refractivity contribution in [3.05, 3.63) is 52.7 Å². The molecule has 1 aromatic rings. The van der Waals surface area contributed by atoms with Gasteiger partial charge in [-0.3, -0.25) is 0 Å². The fourth-order valence-corrected chi connectivity index (χ4v) is 4.06. The largest absolute Gasteiger partial charge is 1.00 e. The molecule has 0 spiro atoms. The maximum Gasteiger partial charge on any atom is 1.00 e. The molecule has 0 N–H and O–H groups in total. The van der Waals surface area contributed by atoms with Gasteiger partial charge in [-0.05, 0) is 11.5 Å². The van der Waals surface area contributed by atoms with Crippen LogP contribution in [0.25, 0.3) is 0 Å². The Kier molecular flexibility index (Phi) is 6.54. The van der Waals surface area contributed by atoms with Crippen LogP contribution in [0, 0.1) is 6.07 Å². The molecule has 3 aliphatic heterocycles. The zero-order valence-corrected chi connectivity index (χ0v) is 19.6. The minimum atomic E-state index is -1.28. The van der Waals surface area contributed by atoms with Crippen LogP contribution in [-0.2, 0) is 19.7 Å². The van der Waals surface area contributed by atoms with Gasteiger partial charge in [-0.15, -0.1) is 11.6 Å². The van der Waals surface area contributed by atoms with Gasteiger partial charge < -0.3 is 19.5 Å². The van der Waals surface area contributed by atoms with Crippen LogP contribution in [0.2, 0.25) is 0 Å². The van der Waals surface area contributed by atoms with E-state index in [0.717, 1.165) is 23.5 Å². The SMILES string of the molecule is CC1(C)C2=C3C=C(CC(=O)[O-])C(=O)OC3CCN2c2cc[c-]cc21.[Na+].[Na+]. The van der Waals surface area contributed by atoms with Crippen molar-refractivity contribution in [3.8, 4) is 0 Å². The van der Waals surface area contributed by atoms with Gasteiger partial charge in [0.25, 0.3) is 0 Å². The van der Waals surface area contributed by atoms with Crippen molar-refractivity contribution in [2.24, 2.45) is 0 Å². The van der Waals surface area contributed by atoms with Crippen molar-refractivity contribution in [3.63, 3.8) is 0 Å². The Morgan fingerprint density at radius 3 is 2.85 bits per heavy atom. The summed E-state index contributed by atoms with van der Waals surface area (Å²) in [6.07, 6.45) is 1.65. The third-order valence-electron chi connectivity index (χ3n) is 5.08. The normalized spacial score (nSPS) is 22.1. The predicted octanol–water partition coefficient (Wildman–Crippen LogP) is -4.76. The average Bonchev–Trinajstić information content (AvgIpc) is 2.77. The first-order valence-corrected chi connectivity index (χ1v) is 8.04. The minimum Gasteiger partial charge on any atom is -0.550 e. The minimum absolute atomic E-state index is 0. The Hall–Kier alpha value is -0.560. The number of anilines is 1. The van der Waals surface area contributed by atoms with Crippen LogP contribution in [-0.4, -0.2) is 24.6 Å². The molecule has 3 aliphatic rings. The number of ether oxygens (including phenoxy) is 1. The summed E-state index contributed by atoms with van der Waals surface area (Å²) < 4.78 is 5.51. The number of carboxylic acid groups (broad SMARTS) is 1. The molecule has 0 radical (unpaired) electrons. The second kappa shape index (κ2) is 7.82. The van der Waals surface area contributed by atoms with E-state index in [2.05, 4.69) is 24.8 Å². The quantitative estimate of drug-likeness (QED) is 0.298. The second-order valence-electron chi connectivity index (χ2n) is 6.92. The molecule has 1 unspecified atom stereocenters. The molecule has 7 heteroatoms. The summed E-state index contributed by atoms with van der Waals surface area (Å²) in [5, 5.41) is 10.9. The molecule has 1 aromatic carbocycles. The second-order valence-corrected chi connectivity index (χ2v) is 6.92. The standard InChI is InChI=1S/C19H18NO4.2Na/c1-19(2)13-5-3-4-6-14(13)20-8-7-15-12(17(19)20)9-11(10-16(21)22)18(23)24-15;;/h4-6,9,15H,7-8,10H2,1-2H3,(H,21,22);;/q-1;2*+1/p-1. The fraction of sp³-hybridized carbons (Fsp3) is 0.368. The molecule has 0 saturated carbocycles. The molecule has 1 atom stereocenters. The van der Waals surface area contributed by atoms with Gasteiger partial charge in [0.2, 0.25) is 0 Å². The van der Waals surface area contributed by atoms with Gasteiger partial charge in [0.15, 0.2) is 0 Å². The van der Waals surface area contributed by atoms with Crippen LogP contribution in [0.4, 0.5) is 5.69 Å². The summed E-state index contributed by atoms with van der Waals surface area (Å²) in [4.78, 5) is 25.2. The Morgan fingerprint density at radius 1 is 1.42 bits per heavy atom. The number of fused-ring (bicyclic) bond motifs is 4. The molecule has 0 bridgehead atoms. The summed E-state index contributed by atoms with van der Waals surface area (Å²) in [5.41, 5.74) is 4.20. The molecule has 3 heterocycles. The Balaban J connectivity index is 0.00000121. The number of nitrogens with zero attached hydrogens (tertiary/aromatic N) is 1. The van der Waals surface area contributed by atoms with E-state index in [9.17, 15) is 14.7 Å². The smallest absolute Gasteiger partial charge is 0.550 e. The molecular weight excluding hydrogens is 352 g/mol. The molecule has 4 rings (SSSR count). The van der Waals surface area contributed by atoms with Crippen LogP contribution >= 0.6 is 0 Å². The topological polar surface area (TPSA) is 69.7 Å². The first-order chi connectivity index (χ1) is 11.4. The molecule has 26 heavy (non-hydrogen) atoms. The summed E-state index contributed by atoms with van der Waals surface area (Å²) in [7, 11) is 0. The number of carbonyl (C=O) groups is 2. The Labute approximate surface area is 197 Å². The van der Waals surface area contributed by atoms with Crippen LogP contribution in [0.3, 0.4) is 0 Å². The number of carboxylic acids is 1. The van der Waals surface area contributed by atoms with Crippen molar-refractivity contribution < 1.29 is 78.5 Å². The summed E-state index contributed by atoms with van der Waals surface area (Å²) >= 11 is 0. The Bertz CT molecular complexity index is 829. The van der Waals surface area contributed by atoms with E-state index in [0.29, 0.717) is 6.42 Å². The molecule has 0 amide bonds. The molecule has 0 saturated heterocycles. The summed E-state index contributed by atoms with van der Waals surface area (Å²) in [5.74, 6) is -1.83. The predicted molar refractivity (Wildman–Crippen MR) is 84.9 cm³/mol. The van der Waals surface area contributed by atoms with E-state index in [1.165, 1.54) is 5.56 Å². The van der Waals surface area contributed by atoms with E-state index in [1.807, 2.05) is 18.2 Å². The van der Waals surface area contributed by atoms with E-state index in [-0.39, 0.29) is 76.2 Å². The third kappa shape index (κ3) is 3.34. The van der Waals surface area contributed by atoms with Crippen molar-refractivity contribution in [1.29, 1.82) is 0 Å². The van der Waals surface area contributed by atoms with Crippen LogP contribution in [0.15, 0.2) is 41.1 Å². The summed E-state index contributed by atoms with van der Waals surface area (Å²) in [6.45, 7) is 5.03. The maximum absolute atomic E-state index is 12.0. The zero-order chi connectivity index (χ0) is 17.1. The number of benzene rings is 1. The summed E-state index contributed by atoms with van der Waals surface area (Å²) in [6, 6.07) is 9.08. The molecular formula is C19H17NNa2O4.